The Morgan fingerprint density at radius 2 is 2.29 bits per heavy atom. The van der Waals surface area contributed by atoms with Gasteiger partial charge in [-0.15, -0.1) is 5.10 Å². The first kappa shape index (κ1) is 13.2. The number of aryl methyl sites for hydroxylation is 2. The molecule has 0 aliphatic carbocycles. The molecule has 7 nitrogen and oxygen atoms in total. The van der Waals surface area contributed by atoms with E-state index in [1.807, 2.05) is 25.5 Å². The SMILES string of the molecule is CCn1ncc([C@H]2C(C#N)=C(N)Oc3n[nH]c(C)c32)c1C. The lowest BCUT2D eigenvalue weighted by Gasteiger charge is -2.23. The van der Waals surface area contributed by atoms with Gasteiger partial charge in [-0.05, 0) is 20.8 Å². The highest BCUT2D eigenvalue weighted by Gasteiger charge is 2.35. The Balaban J connectivity index is 2.25. The first-order valence-corrected chi connectivity index (χ1v) is 6.73. The van der Waals surface area contributed by atoms with Gasteiger partial charge in [0, 0.05) is 29.1 Å². The van der Waals surface area contributed by atoms with Crippen molar-refractivity contribution in [1.29, 1.82) is 5.26 Å². The Labute approximate surface area is 122 Å². The van der Waals surface area contributed by atoms with Crippen LogP contribution in [0.15, 0.2) is 17.7 Å². The predicted octanol–water partition coefficient (Wildman–Crippen LogP) is 1.46. The lowest BCUT2D eigenvalue weighted by molar-refractivity contribution is 0.378. The quantitative estimate of drug-likeness (QED) is 0.868. The minimum atomic E-state index is -0.294. The van der Waals surface area contributed by atoms with Gasteiger partial charge in [0.2, 0.25) is 11.8 Å². The van der Waals surface area contributed by atoms with Crippen LogP contribution in [-0.2, 0) is 6.54 Å². The largest absolute Gasteiger partial charge is 0.420 e. The van der Waals surface area contributed by atoms with Gasteiger partial charge >= 0.3 is 0 Å². The number of nitriles is 1. The fourth-order valence-corrected chi connectivity index (χ4v) is 2.77. The minimum Gasteiger partial charge on any atom is -0.420 e. The summed E-state index contributed by atoms with van der Waals surface area (Å²) in [5.41, 5.74) is 9.95. The van der Waals surface area contributed by atoms with Crippen molar-refractivity contribution in [1.82, 2.24) is 20.0 Å². The van der Waals surface area contributed by atoms with Crippen LogP contribution in [-0.4, -0.2) is 20.0 Å². The maximum atomic E-state index is 9.48. The van der Waals surface area contributed by atoms with E-state index >= 15 is 0 Å². The van der Waals surface area contributed by atoms with Crippen LogP contribution in [0.25, 0.3) is 0 Å². The van der Waals surface area contributed by atoms with E-state index in [0.717, 1.165) is 29.1 Å². The standard InChI is InChI=1S/C14H16N6O/c1-4-20-8(3)10(6-17-20)12-9(5-15)13(16)21-14-11(12)7(2)18-19-14/h6,12H,4,16H2,1-3H3,(H,18,19)/t12-/m1/s1. The molecule has 1 aliphatic heterocycles. The molecule has 2 aromatic rings. The number of fused-ring (bicyclic) bond motifs is 1. The molecular weight excluding hydrogens is 268 g/mol. The number of H-pyrrole nitrogens is 1. The van der Waals surface area contributed by atoms with E-state index in [0.29, 0.717) is 11.5 Å². The Morgan fingerprint density at radius 1 is 1.52 bits per heavy atom. The molecule has 2 aromatic heterocycles. The van der Waals surface area contributed by atoms with Crippen LogP contribution in [0.5, 0.6) is 5.88 Å². The average Bonchev–Trinajstić information content (AvgIpc) is 3.01. The Kier molecular flexibility index (Phi) is 2.94. The summed E-state index contributed by atoms with van der Waals surface area (Å²) in [4.78, 5) is 0. The third-order valence-corrected chi connectivity index (χ3v) is 3.88. The first-order chi connectivity index (χ1) is 10.1. The summed E-state index contributed by atoms with van der Waals surface area (Å²) >= 11 is 0. The lowest BCUT2D eigenvalue weighted by atomic mass is 9.84. The van der Waals surface area contributed by atoms with E-state index in [9.17, 15) is 5.26 Å². The van der Waals surface area contributed by atoms with Gasteiger partial charge in [-0.2, -0.15) is 10.4 Å². The molecule has 3 N–H and O–H groups in total. The number of nitrogens with zero attached hydrogens (tertiary/aromatic N) is 4. The maximum absolute atomic E-state index is 9.48. The van der Waals surface area contributed by atoms with Crippen molar-refractivity contribution >= 4 is 0 Å². The summed E-state index contributed by atoms with van der Waals surface area (Å²) < 4.78 is 7.34. The molecule has 108 valence electrons. The smallest absolute Gasteiger partial charge is 0.244 e. The molecule has 3 rings (SSSR count). The molecular formula is C14H16N6O. The van der Waals surface area contributed by atoms with E-state index < -0.39 is 0 Å². The monoisotopic (exact) mass is 284 g/mol. The van der Waals surface area contributed by atoms with Crippen molar-refractivity contribution < 1.29 is 4.74 Å². The zero-order valence-electron chi connectivity index (χ0n) is 12.1. The molecule has 7 heteroatoms. The van der Waals surface area contributed by atoms with Gasteiger partial charge in [0.15, 0.2) is 0 Å². The molecule has 21 heavy (non-hydrogen) atoms. The van der Waals surface area contributed by atoms with Gasteiger partial charge in [0.1, 0.15) is 11.6 Å². The van der Waals surface area contributed by atoms with E-state index in [-0.39, 0.29) is 11.8 Å². The molecule has 0 saturated carbocycles. The summed E-state index contributed by atoms with van der Waals surface area (Å²) in [5, 5.41) is 20.8. The zero-order valence-corrected chi connectivity index (χ0v) is 12.1. The van der Waals surface area contributed by atoms with Crippen molar-refractivity contribution in [2.75, 3.05) is 0 Å². The van der Waals surface area contributed by atoms with E-state index in [4.69, 9.17) is 10.5 Å². The number of aromatic amines is 1. The van der Waals surface area contributed by atoms with Gasteiger partial charge in [-0.25, -0.2) is 0 Å². The Bertz CT molecular complexity index is 776. The van der Waals surface area contributed by atoms with Crippen molar-refractivity contribution in [3.05, 3.63) is 40.2 Å². The molecule has 0 spiro atoms. The second-order valence-electron chi connectivity index (χ2n) is 4.99. The molecule has 0 aromatic carbocycles. The Hall–Kier alpha value is -2.75. The molecule has 0 bridgehead atoms. The van der Waals surface area contributed by atoms with Crippen LogP contribution in [0.1, 0.15) is 35.4 Å². The van der Waals surface area contributed by atoms with Crippen molar-refractivity contribution in [2.24, 2.45) is 5.73 Å². The first-order valence-electron chi connectivity index (χ1n) is 6.73. The summed E-state index contributed by atoms with van der Waals surface area (Å²) in [6.07, 6.45) is 1.79. The normalized spacial score (nSPS) is 17.3. The van der Waals surface area contributed by atoms with Gasteiger partial charge in [-0.1, -0.05) is 0 Å². The second kappa shape index (κ2) is 4.66. The average molecular weight is 284 g/mol. The van der Waals surface area contributed by atoms with E-state index in [2.05, 4.69) is 21.4 Å². The lowest BCUT2D eigenvalue weighted by Crippen LogP contribution is -2.21. The molecule has 0 radical (unpaired) electrons. The van der Waals surface area contributed by atoms with E-state index in [1.165, 1.54) is 0 Å². The molecule has 1 aliphatic rings. The van der Waals surface area contributed by atoms with Crippen LogP contribution < -0.4 is 10.5 Å². The topological polar surface area (TPSA) is 106 Å². The number of rotatable bonds is 2. The van der Waals surface area contributed by atoms with Crippen LogP contribution in [0.3, 0.4) is 0 Å². The number of hydrogen-bond acceptors (Lipinski definition) is 5. The van der Waals surface area contributed by atoms with Crippen molar-refractivity contribution in [2.45, 2.75) is 33.2 Å². The van der Waals surface area contributed by atoms with Crippen molar-refractivity contribution in [3.63, 3.8) is 0 Å². The molecule has 0 unspecified atom stereocenters. The number of nitrogens with one attached hydrogen (secondary N) is 1. The van der Waals surface area contributed by atoms with Gasteiger partial charge in [-0.3, -0.25) is 9.78 Å². The number of nitrogens with two attached hydrogens (primary N) is 1. The molecule has 1 atom stereocenters. The Morgan fingerprint density at radius 3 is 2.90 bits per heavy atom. The number of allylic oxidation sites excluding steroid dienone is 1. The van der Waals surface area contributed by atoms with Crippen LogP contribution in [0.2, 0.25) is 0 Å². The van der Waals surface area contributed by atoms with Crippen LogP contribution in [0.4, 0.5) is 0 Å². The minimum absolute atomic E-state index is 0.102. The molecule has 3 heterocycles. The fourth-order valence-electron chi connectivity index (χ4n) is 2.77. The number of ether oxygens (including phenoxy) is 1. The van der Waals surface area contributed by atoms with E-state index in [1.54, 1.807) is 6.20 Å². The van der Waals surface area contributed by atoms with Crippen molar-refractivity contribution in [3.8, 4) is 11.9 Å². The fraction of sp³-hybridized carbons (Fsp3) is 0.357. The summed E-state index contributed by atoms with van der Waals surface area (Å²) in [5.74, 6) is 0.237. The van der Waals surface area contributed by atoms with Gasteiger partial charge in [0.05, 0.1) is 12.1 Å². The van der Waals surface area contributed by atoms with Gasteiger partial charge in [0.25, 0.3) is 0 Å². The predicted molar refractivity (Wildman–Crippen MR) is 75.3 cm³/mol. The molecule has 0 fully saturated rings. The third kappa shape index (κ3) is 1.80. The second-order valence-corrected chi connectivity index (χ2v) is 4.99. The zero-order chi connectivity index (χ0) is 15.1. The summed E-state index contributed by atoms with van der Waals surface area (Å²) in [6.45, 7) is 6.69. The highest BCUT2D eigenvalue weighted by atomic mass is 16.5. The maximum Gasteiger partial charge on any atom is 0.244 e. The van der Waals surface area contributed by atoms with Gasteiger partial charge < -0.3 is 10.5 Å². The molecule has 0 saturated heterocycles. The highest BCUT2D eigenvalue weighted by molar-refractivity contribution is 5.55. The third-order valence-electron chi connectivity index (χ3n) is 3.88. The van der Waals surface area contributed by atoms with Crippen LogP contribution in [0, 0.1) is 25.2 Å². The number of aromatic nitrogens is 4. The highest BCUT2D eigenvalue weighted by Crippen LogP contribution is 2.43. The molecule has 0 amide bonds. The summed E-state index contributed by atoms with van der Waals surface area (Å²) in [6, 6.07) is 2.17. The number of hydrogen-bond donors (Lipinski definition) is 2. The summed E-state index contributed by atoms with van der Waals surface area (Å²) in [7, 11) is 0. The van der Waals surface area contributed by atoms with Crippen LogP contribution >= 0.6 is 0 Å².